The van der Waals surface area contributed by atoms with E-state index in [0.29, 0.717) is 10.8 Å². The molecular formula is C10H9ClFNS. The van der Waals surface area contributed by atoms with Crippen LogP contribution in [-0.4, -0.2) is 11.1 Å². The Bertz CT molecular complexity index is 362. The van der Waals surface area contributed by atoms with Crippen molar-refractivity contribution in [3.63, 3.8) is 0 Å². The van der Waals surface area contributed by atoms with Gasteiger partial charge in [-0.05, 0) is 12.1 Å². The van der Waals surface area contributed by atoms with Crippen LogP contribution in [0.2, 0.25) is 0 Å². The second-order valence-electron chi connectivity index (χ2n) is 2.81. The fourth-order valence-corrected chi connectivity index (χ4v) is 2.06. The van der Waals surface area contributed by atoms with E-state index in [1.165, 1.54) is 17.8 Å². The average Bonchev–Trinajstić information content (AvgIpc) is 2.18. The van der Waals surface area contributed by atoms with Crippen LogP contribution in [0.1, 0.15) is 12.5 Å². The van der Waals surface area contributed by atoms with E-state index in [0.717, 1.165) is 0 Å². The van der Waals surface area contributed by atoms with E-state index in [1.54, 1.807) is 12.1 Å². The third-order valence-electron chi connectivity index (χ3n) is 1.63. The molecule has 1 aromatic rings. The van der Waals surface area contributed by atoms with Gasteiger partial charge in [0, 0.05) is 16.0 Å². The summed E-state index contributed by atoms with van der Waals surface area (Å²) in [6, 6.07) is 6.47. The van der Waals surface area contributed by atoms with E-state index >= 15 is 0 Å². The molecule has 0 N–H and O–H groups in total. The Hall–Kier alpha value is -0.720. The van der Waals surface area contributed by atoms with Gasteiger partial charge in [0.1, 0.15) is 17.4 Å². The molecule has 0 amide bonds. The fraction of sp³-hybridized carbons (Fsp3) is 0.300. The highest BCUT2D eigenvalue weighted by Crippen LogP contribution is 2.28. The Morgan fingerprint density at radius 2 is 2.36 bits per heavy atom. The summed E-state index contributed by atoms with van der Waals surface area (Å²) in [6.45, 7) is 1.93. The van der Waals surface area contributed by atoms with Gasteiger partial charge in [0.05, 0.1) is 0 Å². The Kier molecular flexibility index (Phi) is 4.24. The number of halogens is 2. The molecule has 4 heteroatoms. The van der Waals surface area contributed by atoms with Gasteiger partial charge < -0.3 is 0 Å². The summed E-state index contributed by atoms with van der Waals surface area (Å²) >= 11 is 7.05. The zero-order valence-electron chi connectivity index (χ0n) is 7.63. The largest absolute Gasteiger partial charge is 0.206 e. The summed E-state index contributed by atoms with van der Waals surface area (Å²) in [6.07, 6.45) is 0. The molecule has 1 aromatic carbocycles. The predicted octanol–water partition coefficient (Wildman–Crippen LogP) is 3.42. The van der Waals surface area contributed by atoms with Crippen LogP contribution >= 0.6 is 23.4 Å². The number of benzene rings is 1. The smallest absolute Gasteiger partial charge is 0.142 e. The van der Waals surface area contributed by atoms with Gasteiger partial charge in [-0.1, -0.05) is 13.0 Å². The Labute approximate surface area is 91.9 Å². The molecule has 1 unspecified atom stereocenters. The van der Waals surface area contributed by atoms with Crippen LogP contribution in [0.25, 0.3) is 0 Å². The van der Waals surface area contributed by atoms with Crippen LogP contribution in [-0.2, 0) is 0 Å². The highest BCUT2D eigenvalue weighted by atomic mass is 35.5. The maximum absolute atomic E-state index is 13.1. The van der Waals surface area contributed by atoms with E-state index in [-0.39, 0.29) is 10.8 Å². The molecular weight excluding hydrogens is 221 g/mol. The average molecular weight is 230 g/mol. The lowest BCUT2D eigenvalue weighted by molar-refractivity contribution is 0.620. The quantitative estimate of drug-likeness (QED) is 0.586. The highest BCUT2D eigenvalue weighted by molar-refractivity contribution is 8.00. The number of rotatable bonds is 3. The first kappa shape index (κ1) is 11.4. The minimum absolute atomic E-state index is 0.106. The van der Waals surface area contributed by atoms with Crippen molar-refractivity contribution in [2.24, 2.45) is 0 Å². The Morgan fingerprint density at radius 1 is 1.64 bits per heavy atom. The number of hydrogen-bond acceptors (Lipinski definition) is 2. The van der Waals surface area contributed by atoms with Crippen LogP contribution in [0.15, 0.2) is 23.1 Å². The van der Waals surface area contributed by atoms with Gasteiger partial charge in [-0.25, -0.2) is 4.39 Å². The van der Waals surface area contributed by atoms with Crippen molar-refractivity contribution in [3.05, 3.63) is 29.6 Å². The summed E-state index contributed by atoms with van der Waals surface area (Å²) in [5.74, 6) is 0.00533. The molecule has 0 fully saturated rings. The van der Waals surface area contributed by atoms with Gasteiger partial charge in [-0.3, -0.25) is 0 Å². The van der Waals surface area contributed by atoms with Crippen LogP contribution in [0.5, 0.6) is 0 Å². The molecule has 1 rings (SSSR count). The number of nitriles is 1. The van der Waals surface area contributed by atoms with E-state index < -0.39 is 5.82 Å². The van der Waals surface area contributed by atoms with Gasteiger partial charge in [0.25, 0.3) is 0 Å². The summed E-state index contributed by atoms with van der Waals surface area (Å²) in [7, 11) is 0. The monoisotopic (exact) mass is 229 g/mol. The van der Waals surface area contributed by atoms with E-state index in [4.69, 9.17) is 16.9 Å². The molecule has 1 atom stereocenters. The molecule has 0 aromatic heterocycles. The molecule has 0 spiro atoms. The molecule has 0 aliphatic carbocycles. The Balaban J connectivity index is 2.98. The minimum atomic E-state index is -0.473. The Morgan fingerprint density at radius 3 is 2.93 bits per heavy atom. The van der Waals surface area contributed by atoms with Crippen molar-refractivity contribution < 1.29 is 4.39 Å². The van der Waals surface area contributed by atoms with Gasteiger partial charge in [0.2, 0.25) is 0 Å². The summed E-state index contributed by atoms with van der Waals surface area (Å²) in [4.78, 5) is 0.653. The molecule has 0 aliphatic rings. The van der Waals surface area contributed by atoms with Crippen molar-refractivity contribution in [1.82, 2.24) is 0 Å². The highest BCUT2D eigenvalue weighted by Gasteiger charge is 2.10. The molecule has 0 aliphatic heterocycles. The van der Waals surface area contributed by atoms with E-state index in [2.05, 4.69) is 0 Å². The van der Waals surface area contributed by atoms with Crippen molar-refractivity contribution in [1.29, 1.82) is 5.26 Å². The molecule has 1 nitrogen and oxygen atoms in total. The lowest BCUT2D eigenvalue weighted by atomic mass is 10.2. The maximum atomic E-state index is 13.1. The third kappa shape index (κ3) is 2.63. The number of alkyl halides is 1. The standard InChI is InChI=1S/C10H9ClFNS/c1-7(5-11)14-10-4-2-3-9(12)8(10)6-13/h2-4,7H,5H2,1H3. The van der Waals surface area contributed by atoms with Gasteiger partial charge in [-0.2, -0.15) is 5.26 Å². The first-order valence-corrected chi connectivity index (χ1v) is 5.51. The fourth-order valence-electron chi connectivity index (χ4n) is 0.959. The molecule has 0 bridgehead atoms. The zero-order chi connectivity index (χ0) is 10.6. The summed E-state index contributed by atoms with van der Waals surface area (Å²) in [5, 5.41) is 8.92. The number of nitrogens with zero attached hydrogens (tertiary/aromatic N) is 1. The number of hydrogen-bond donors (Lipinski definition) is 0. The number of thioether (sulfide) groups is 1. The summed E-state index contributed by atoms with van der Waals surface area (Å²) in [5.41, 5.74) is 0.106. The van der Waals surface area contributed by atoms with Gasteiger partial charge >= 0.3 is 0 Å². The first-order chi connectivity index (χ1) is 6.69. The third-order valence-corrected chi connectivity index (χ3v) is 3.44. The molecule has 0 radical (unpaired) electrons. The predicted molar refractivity (Wildman–Crippen MR) is 57.2 cm³/mol. The topological polar surface area (TPSA) is 23.8 Å². The van der Waals surface area contributed by atoms with Crippen LogP contribution in [0.3, 0.4) is 0 Å². The lowest BCUT2D eigenvalue weighted by Crippen LogP contribution is -1.98. The van der Waals surface area contributed by atoms with Gasteiger partial charge in [-0.15, -0.1) is 23.4 Å². The molecule has 0 saturated heterocycles. The lowest BCUT2D eigenvalue weighted by Gasteiger charge is -2.08. The van der Waals surface area contributed by atoms with Crippen LogP contribution in [0.4, 0.5) is 4.39 Å². The second-order valence-corrected chi connectivity index (χ2v) is 4.60. The van der Waals surface area contributed by atoms with E-state index in [1.807, 2.05) is 13.0 Å². The van der Waals surface area contributed by atoms with Gasteiger partial charge in [0.15, 0.2) is 0 Å². The molecule has 14 heavy (non-hydrogen) atoms. The van der Waals surface area contributed by atoms with Crippen LogP contribution in [0, 0.1) is 17.1 Å². The first-order valence-electron chi connectivity index (χ1n) is 4.10. The summed E-state index contributed by atoms with van der Waals surface area (Å²) < 4.78 is 13.1. The molecule has 74 valence electrons. The van der Waals surface area contributed by atoms with Crippen LogP contribution < -0.4 is 0 Å². The zero-order valence-corrected chi connectivity index (χ0v) is 9.20. The van der Waals surface area contributed by atoms with Crippen molar-refractivity contribution in [3.8, 4) is 6.07 Å². The maximum Gasteiger partial charge on any atom is 0.142 e. The van der Waals surface area contributed by atoms with E-state index in [9.17, 15) is 4.39 Å². The minimum Gasteiger partial charge on any atom is -0.206 e. The van der Waals surface area contributed by atoms with Crippen molar-refractivity contribution in [2.45, 2.75) is 17.1 Å². The van der Waals surface area contributed by atoms with Crippen molar-refractivity contribution >= 4 is 23.4 Å². The molecule has 0 saturated carbocycles. The molecule has 0 heterocycles. The SMILES string of the molecule is CC(CCl)Sc1cccc(F)c1C#N. The normalized spacial score (nSPS) is 12.1. The van der Waals surface area contributed by atoms with Crippen molar-refractivity contribution in [2.75, 3.05) is 5.88 Å². The second kappa shape index (κ2) is 5.23.